The van der Waals surface area contributed by atoms with Crippen molar-refractivity contribution in [3.8, 4) is 0 Å². The molecule has 4 bridgehead atoms. The van der Waals surface area contributed by atoms with Crippen LogP contribution in [-0.4, -0.2) is 70.9 Å². The smallest absolute Gasteiger partial charge is 0.262 e. The van der Waals surface area contributed by atoms with Crippen LogP contribution in [-0.2, 0) is 19.2 Å². The summed E-state index contributed by atoms with van der Waals surface area (Å²) in [6.07, 6.45) is 5.31. The van der Waals surface area contributed by atoms with Crippen molar-refractivity contribution < 1.29 is 24.4 Å². The highest BCUT2D eigenvalue weighted by molar-refractivity contribution is 6.06. The zero-order chi connectivity index (χ0) is 19.3. The van der Waals surface area contributed by atoms with E-state index in [2.05, 4.69) is 5.32 Å². The van der Waals surface area contributed by atoms with Gasteiger partial charge in [0.15, 0.2) is 0 Å². The number of rotatable bonds is 4. The lowest BCUT2D eigenvalue weighted by molar-refractivity contribution is -0.171. The van der Waals surface area contributed by atoms with E-state index >= 15 is 0 Å². The minimum absolute atomic E-state index is 0.0577. The Bertz CT molecular complexity index is 665. The van der Waals surface area contributed by atoms with E-state index in [1.165, 1.54) is 18.9 Å². The summed E-state index contributed by atoms with van der Waals surface area (Å²) in [5.74, 6) is -0.113. The Kier molecular flexibility index (Phi) is 4.46. The Balaban J connectivity index is 1.52. The molecule has 27 heavy (non-hydrogen) atoms. The molecule has 4 aliphatic carbocycles. The summed E-state index contributed by atoms with van der Waals surface area (Å²) in [6.45, 7) is -0.658. The van der Waals surface area contributed by atoms with Crippen LogP contribution in [0.3, 0.4) is 0 Å². The van der Waals surface area contributed by atoms with Crippen molar-refractivity contribution >= 4 is 23.6 Å². The van der Waals surface area contributed by atoms with E-state index < -0.39 is 23.3 Å². The summed E-state index contributed by atoms with van der Waals surface area (Å²) in [4.78, 5) is 51.7. The topological polar surface area (TPSA) is 119 Å². The van der Waals surface area contributed by atoms with Crippen LogP contribution in [0.1, 0.15) is 32.1 Å². The second kappa shape index (κ2) is 6.56. The number of hydrogen-bond donors (Lipinski definition) is 3. The van der Waals surface area contributed by atoms with Gasteiger partial charge in [0, 0.05) is 7.05 Å². The number of carbonyl (C=O) groups excluding carboxylic acids is 4. The van der Waals surface area contributed by atoms with E-state index in [9.17, 15) is 19.2 Å². The van der Waals surface area contributed by atoms with Gasteiger partial charge in [-0.3, -0.25) is 34.6 Å². The highest BCUT2D eigenvalue weighted by Crippen LogP contribution is 2.59. The number of piperazine rings is 1. The van der Waals surface area contributed by atoms with Gasteiger partial charge in [-0.2, -0.15) is 0 Å². The molecule has 5 aliphatic rings. The molecular formula is C18H26N4O5. The lowest BCUT2D eigenvalue weighted by atomic mass is 9.48. The molecule has 4 saturated carbocycles. The fraction of sp³-hybridized carbons (Fsp3) is 0.778. The van der Waals surface area contributed by atoms with Gasteiger partial charge in [-0.1, -0.05) is 0 Å². The van der Waals surface area contributed by atoms with Crippen LogP contribution in [0.4, 0.5) is 0 Å². The second-order valence-corrected chi connectivity index (χ2v) is 8.60. The Morgan fingerprint density at radius 2 is 1.78 bits per heavy atom. The maximum Gasteiger partial charge on any atom is 0.262 e. The molecule has 3 N–H and O–H groups in total. The molecule has 0 aromatic heterocycles. The molecule has 9 heteroatoms. The highest BCUT2D eigenvalue weighted by atomic mass is 16.5. The standard InChI is InChI=1S/C18H26N4O5/c1-21(8-14(23)20-27)16(25)9-22-15(24)7-19-18(17(22)26)12-3-10-2-11(5-12)6-13(18)4-10/h10-13,19,27H,2-9H2,1H3,(H,20,23). The molecule has 5 fully saturated rings. The zero-order valence-corrected chi connectivity index (χ0v) is 15.4. The molecule has 0 unspecified atom stereocenters. The van der Waals surface area contributed by atoms with Crippen LogP contribution in [0, 0.1) is 23.7 Å². The van der Waals surface area contributed by atoms with Gasteiger partial charge in [0.1, 0.15) is 18.6 Å². The van der Waals surface area contributed by atoms with E-state index in [0.717, 1.165) is 35.5 Å². The number of likely N-dealkylation sites (N-methyl/N-ethyl adjacent to an activating group) is 1. The summed E-state index contributed by atoms with van der Waals surface area (Å²) < 4.78 is 0. The molecule has 1 spiro atoms. The van der Waals surface area contributed by atoms with Crippen molar-refractivity contribution in [2.45, 2.75) is 37.6 Å². The highest BCUT2D eigenvalue weighted by Gasteiger charge is 2.63. The molecule has 0 atom stereocenters. The van der Waals surface area contributed by atoms with Crippen molar-refractivity contribution in [2.75, 3.05) is 26.7 Å². The number of hydroxylamine groups is 1. The zero-order valence-electron chi connectivity index (χ0n) is 15.4. The lowest BCUT2D eigenvalue weighted by Gasteiger charge is -2.62. The Morgan fingerprint density at radius 1 is 1.19 bits per heavy atom. The first-order chi connectivity index (χ1) is 12.8. The third-order valence-corrected chi connectivity index (χ3v) is 7.08. The normalized spacial score (nSPS) is 37.0. The van der Waals surface area contributed by atoms with E-state index in [4.69, 9.17) is 5.21 Å². The first-order valence-corrected chi connectivity index (χ1v) is 9.61. The second-order valence-electron chi connectivity index (χ2n) is 8.60. The number of nitrogens with zero attached hydrogens (tertiary/aromatic N) is 2. The molecule has 148 valence electrons. The van der Waals surface area contributed by atoms with Crippen molar-refractivity contribution in [1.82, 2.24) is 20.6 Å². The maximum atomic E-state index is 13.4. The van der Waals surface area contributed by atoms with Crippen molar-refractivity contribution in [1.29, 1.82) is 0 Å². The van der Waals surface area contributed by atoms with Gasteiger partial charge in [-0.05, 0) is 55.8 Å². The van der Waals surface area contributed by atoms with Gasteiger partial charge in [0.2, 0.25) is 11.8 Å². The van der Waals surface area contributed by atoms with Gasteiger partial charge in [-0.15, -0.1) is 0 Å². The largest absolute Gasteiger partial charge is 0.335 e. The fourth-order valence-electron chi connectivity index (χ4n) is 6.05. The predicted octanol–water partition coefficient (Wildman–Crippen LogP) is -0.896. The van der Waals surface area contributed by atoms with E-state index in [1.807, 2.05) is 0 Å². The third kappa shape index (κ3) is 2.84. The number of nitrogens with one attached hydrogen (secondary N) is 2. The average Bonchev–Trinajstić information content (AvgIpc) is 2.63. The summed E-state index contributed by atoms with van der Waals surface area (Å²) in [5.41, 5.74) is 0.744. The van der Waals surface area contributed by atoms with Gasteiger partial charge in [0.25, 0.3) is 11.8 Å². The van der Waals surface area contributed by atoms with Crippen molar-refractivity contribution in [3.05, 3.63) is 0 Å². The maximum absolute atomic E-state index is 13.4. The Morgan fingerprint density at radius 3 is 2.33 bits per heavy atom. The number of imide groups is 1. The van der Waals surface area contributed by atoms with Gasteiger partial charge in [0.05, 0.1) is 6.54 Å². The summed E-state index contributed by atoms with van der Waals surface area (Å²) in [5, 5.41) is 11.9. The molecule has 1 heterocycles. The summed E-state index contributed by atoms with van der Waals surface area (Å²) in [7, 11) is 1.40. The van der Waals surface area contributed by atoms with Gasteiger partial charge in [-0.25, -0.2) is 5.48 Å². The number of carbonyl (C=O) groups is 4. The minimum Gasteiger partial charge on any atom is -0.335 e. The molecule has 0 aromatic rings. The van der Waals surface area contributed by atoms with Crippen LogP contribution in [0.2, 0.25) is 0 Å². The molecule has 1 aliphatic heterocycles. The monoisotopic (exact) mass is 378 g/mol. The van der Waals surface area contributed by atoms with Crippen LogP contribution >= 0.6 is 0 Å². The van der Waals surface area contributed by atoms with Crippen LogP contribution in [0.15, 0.2) is 0 Å². The molecule has 5 rings (SSSR count). The lowest BCUT2D eigenvalue weighted by Crippen LogP contribution is -2.76. The van der Waals surface area contributed by atoms with Gasteiger partial charge >= 0.3 is 0 Å². The Labute approximate surface area is 157 Å². The molecule has 0 aromatic carbocycles. The quantitative estimate of drug-likeness (QED) is 0.332. The molecular weight excluding hydrogens is 352 g/mol. The van der Waals surface area contributed by atoms with E-state index in [1.54, 1.807) is 0 Å². The molecule has 1 saturated heterocycles. The van der Waals surface area contributed by atoms with E-state index in [0.29, 0.717) is 11.8 Å². The third-order valence-electron chi connectivity index (χ3n) is 7.08. The minimum atomic E-state index is -0.735. The molecule has 0 radical (unpaired) electrons. The fourth-order valence-corrected chi connectivity index (χ4v) is 6.05. The van der Waals surface area contributed by atoms with Crippen molar-refractivity contribution in [2.24, 2.45) is 23.7 Å². The van der Waals surface area contributed by atoms with Crippen LogP contribution < -0.4 is 10.8 Å². The van der Waals surface area contributed by atoms with Crippen molar-refractivity contribution in [3.63, 3.8) is 0 Å². The average molecular weight is 378 g/mol. The van der Waals surface area contributed by atoms with Gasteiger partial charge < -0.3 is 4.90 Å². The Hall–Kier alpha value is -2.00. The van der Waals surface area contributed by atoms with Crippen LogP contribution in [0.5, 0.6) is 0 Å². The predicted molar refractivity (Wildman–Crippen MR) is 92.1 cm³/mol. The first kappa shape index (κ1) is 18.4. The summed E-state index contributed by atoms with van der Waals surface area (Å²) in [6, 6.07) is 0. The summed E-state index contributed by atoms with van der Waals surface area (Å²) >= 11 is 0. The molecule has 9 nitrogen and oxygen atoms in total. The van der Waals surface area contributed by atoms with Crippen LogP contribution in [0.25, 0.3) is 0 Å². The SMILES string of the molecule is CN(CC(=O)NO)C(=O)CN1C(=O)CNC2(C1=O)C1CC3CC(C1)CC2C3. The first-order valence-electron chi connectivity index (χ1n) is 9.61. The molecule has 4 amide bonds. The number of amides is 4. The number of hydrogen-bond acceptors (Lipinski definition) is 6. The van der Waals surface area contributed by atoms with E-state index in [-0.39, 0.29) is 37.4 Å².